The number of nitrogens with one attached hydrogen (secondary N) is 2. The van der Waals surface area contributed by atoms with Crippen LogP contribution in [-0.2, 0) is 4.79 Å². The molecule has 2 amide bonds. The van der Waals surface area contributed by atoms with Crippen LogP contribution in [0.1, 0.15) is 23.2 Å². The van der Waals surface area contributed by atoms with Gasteiger partial charge in [0, 0.05) is 23.6 Å². The summed E-state index contributed by atoms with van der Waals surface area (Å²) in [5, 5.41) is 6.13. The van der Waals surface area contributed by atoms with E-state index in [1.54, 1.807) is 30.3 Å². The third-order valence-corrected chi connectivity index (χ3v) is 4.32. The van der Waals surface area contributed by atoms with E-state index < -0.39 is 0 Å². The zero-order valence-corrected chi connectivity index (χ0v) is 16.5. The lowest BCUT2D eigenvalue weighted by Crippen LogP contribution is -2.25. The standard InChI is InChI=1S/C23H21ClN2O3/c24-18-13-14-21(29-19-10-5-2-6-11-19)20(16-18)26-22(27)12-7-15-25-23(28)17-8-3-1-4-9-17/h1-6,8-11,13-14,16H,7,12,15H2,(H,25,28)(H,26,27). The average Bonchev–Trinajstić information content (AvgIpc) is 2.74. The number of rotatable bonds is 8. The van der Waals surface area contributed by atoms with E-state index in [0.29, 0.717) is 40.7 Å². The fourth-order valence-corrected chi connectivity index (χ4v) is 2.83. The van der Waals surface area contributed by atoms with Gasteiger partial charge in [-0.1, -0.05) is 48.0 Å². The highest BCUT2D eigenvalue weighted by molar-refractivity contribution is 6.31. The maximum atomic E-state index is 12.3. The van der Waals surface area contributed by atoms with Gasteiger partial charge in [0.05, 0.1) is 5.69 Å². The minimum atomic E-state index is -0.181. The van der Waals surface area contributed by atoms with Gasteiger partial charge in [-0.3, -0.25) is 9.59 Å². The van der Waals surface area contributed by atoms with E-state index in [2.05, 4.69) is 10.6 Å². The third kappa shape index (κ3) is 6.36. The van der Waals surface area contributed by atoms with Crippen molar-refractivity contribution in [3.05, 3.63) is 89.4 Å². The van der Waals surface area contributed by atoms with Crippen molar-refractivity contribution >= 4 is 29.1 Å². The molecule has 5 nitrogen and oxygen atoms in total. The van der Waals surface area contributed by atoms with Crippen LogP contribution in [0.5, 0.6) is 11.5 Å². The molecule has 0 bridgehead atoms. The Kier molecular flexibility index (Phi) is 7.25. The first-order valence-corrected chi connectivity index (χ1v) is 9.65. The molecule has 3 aromatic carbocycles. The molecular weight excluding hydrogens is 388 g/mol. The summed E-state index contributed by atoms with van der Waals surface area (Å²) < 4.78 is 5.84. The molecule has 0 radical (unpaired) electrons. The first-order chi connectivity index (χ1) is 14.1. The molecule has 2 N–H and O–H groups in total. The number of amides is 2. The van der Waals surface area contributed by atoms with Crippen LogP contribution < -0.4 is 15.4 Å². The van der Waals surface area contributed by atoms with E-state index in [-0.39, 0.29) is 18.2 Å². The Morgan fingerprint density at radius 2 is 1.59 bits per heavy atom. The van der Waals surface area contributed by atoms with Gasteiger partial charge in [0.2, 0.25) is 5.91 Å². The van der Waals surface area contributed by atoms with E-state index in [9.17, 15) is 9.59 Å². The smallest absolute Gasteiger partial charge is 0.251 e. The molecule has 0 aliphatic heterocycles. The van der Waals surface area contributed by atoms with Crippen LogP contribution >= 0.6 is 11.6 Å². The van der Waals surface area contributed by atoms with E-state index >= 15 is 0 Å². The lowest BCUT2D eigenvalue weighted by Gasteiger charge is -2.13. The van der Waals surface area contributed by atoms with Crippen LogP contribution in [0, 0.1) is 0 Å². The molecule has 3 aromatic rings. The lowest BCUT2D eigenvalue weighted by molar-refractivity contribution is -0.116. The number of para-hydroxylation sites is 1. The summed E-state index contributed by atoms with van der Waals surface area (Å²) in [6, 6.07) is 23.3. The molecule has 148 valence electrons. The van der Waals surface area contributed by atoms with Crippen molar-refractivity contribution < 1.29 is 14.3 Å². The fourth-order valence-electron chi connectivity index (χ4n) is 2.66. The molecule has 0 aromatic heterocycles. The first kappa shape index (κ1) is 20.4. The number of carbonyl (C=O) groups is 2. The molecule has 0 spiro atoms. The number of hydrogen-bond acceptors (Lipinski definition) is 3. The summed E-state index contributed by atoms with van der Waals surface area (Å²) in [7, 11) is 0. The Balaban J connectivity index is 1.51. The molecule has 0 unspecified atom stereocenters. The van der Waals surface area contributed by atoms with Gasteiger partial charge in [-0.25, -0.2) is 0 Å². The van der Waals surface area contributed by atoms with Gasteiger partial charge >= 0.3 is 0 Å². The molecule has 29 heavy (non-hydrogen) atoms. The summed E-state index contributed by atoms with van der Waals surface area (Å²) in [6.45, 7) is 0.407. The topological polar surface area (TPSA) is 67.4 Å². The van der Waals surface area contributed by atoms with Gasteiger partial charge in [0.1, 0.15) is 5.75 Å². The van der Waals surface area contributed by atoms with Gasteiger partial charge in [0.25, 0.3) is 5.91 Å². The lowest BCUT2D eigenvalue weighted by atomic mass is 10.2. The highest BCUT2D eigenvalue weighted by atomic mass is 35.5. The number of halogens is 1. The van der Waals surface area contributed by atoms with Gasteiger partial charge in [-0.15, -0.1) is 0 Å². The molecule has 0 saturated heterocycles. The molecule has 0 saturated carbocycles. The van der Waals surface area contributed by atoms with Crippen LogP contribution in [0.3, 0.4) is 0 Å². The molecule has 0 atom stereocenters. The van der Waals surface area contributed by atoms with Crippen LogP contribution in [-0.4, -0.2) is 18.4 Å². The Labute approximate surface area is 174 Å². The average molecular weight is 409 g/mol. The molecular formula is C23H21ClN2O3. The van der Waals surface area contributed by atoms with E-state index in [1.807, 2.05) is 48.5 Å². The largest absolute Gasteiger partial charge is 0.455 e. The minimum absolute atomic E-state index is 0.153. The van der Waals surface area contributed by atoms with Crippen molar-refractivity contribution in [2.45, 2.75) is 12.8 Å². The van der Waals surface area contributed by atoms with Crippen molar-refractivity contribution in [1.29, 1.82) is 0 Å². The number of benzene rings is 3. The van der Waals surface area contributed by atoms with Gasteiger partial charge in [0.15, 0.2) is 5.75 Å². The summed E-state index contributed by atoms with van der Waals surface area (Å²) in [6.07, 6.45) is 0.770. The van der Waals surface area contributed by atoms with Crippen molar-refractivity contribution in [3.63, 3.8) is 0 Å². The van der Waals surface area contributed by atoms with Crippen molar-refractivity contribution in [3.8, 4) is 11.5 Å². The molecule has 6 heteroatoms. The maximum absolute atomic E-state index is 12.3. The Bertz CT molecular complexity index is 962. The highest BCUT2D eigenvalue weighted by Gasteiger charge is 2.10. The SMILES string of the molecule is O=C(CCCNC(=O)c1ccccc1)Nc1cc(Cl)ccc1Oc1ccccc1. The molecule has 0 aliphatic rings. The third-order valence-electron chi connectivity index (χ3n) is 4.09. The quantitative estimate of drug-likeness (QED) is 0.498. The Hall–Kier alpha value is -3.31. The van der Waals surface area contributed by atoms with Crippen molar-refractivity contribution in [1.82, 2.24) is 5.32 Å². The summed E-state index contributed by atoms with van der Waals surface area (Å²) >= 11 is 6.07. The summed E-state index contributed by atoms with van der Waals surface area (Å²) in [4.78, 5) is 24.3. The second kappa shape index (κ2) is 10.3. The van der Waals surface area contributed by atoms with Crippen LogP contribution in [0.25, 0.3) is 0 Å². The van der Waals surface area contributed by atoms with E-state index in [4.69, 9.17) is 16.3 Å². The highest BCUT2D eigenvalue weighted by Crippen LogP contribution is 2.32. The molecule has 0 aliphatic carbocycles. The number of carbonyl (C=O) groups excluding carboxylic acids is 2. The number of ether oxygens (including phenoxy) is 1. The van der Waals surface area contributed by atoms with Gasteiger partial charge in [-0.2, -0.15) is 0 Å². The van der Waals surface area contributed by atoms with Crippen LogP contribution in [0.15, 0.2) is 78.9 Å². The van der Waals surface area contributed by atoms with Gasteiger partial charge in [-0.05, 0) is 48.9 Å². The number of anilines is 1. The first-order valence-electron chi connectivity index (χ1n) is 9.27. The van der Waals surface area contributed by atoms with Crippen LogP contribution in [0.4, 0.5) is 5.69 Å². The normalized spacial score (nSPS) is 10.2. The minimum Gasteiger partial charge on any atom is -0.455 e. The van der Waals surface area contributed by atoms with Gasteiger partial charge < -0.3 is 15.4 Å². The van der Waals surface area contributed by atoms with Crippen molar-refractivity contribution in [2.24, 2.45) is 0 Å². The Morgan fingerprint density at radius 1 is 0.897 bits per heavy atom. The predicted molar refractivity (Wildman–Crippen MR) is 115 cm³/mol. The molecule has 0 fully saturated rings. The molecule has 3 rings (SSSR count). The zero-order chi connectivity index (χ0) is 20.5. The summed E-state index contributed by atoms with van der Waals surface area (Å²) in [5.41, 5.74) is 1.10. The summed E-state index contributed by atoms with van der Waals surface area (Å²) in [5.74, 6) is 0.832. The van der Waals surface area contributed by atoms with Crippen LogP contribution in [0.2, 0.25) is 5.02 Å². The monoisotopic (exact) mass is 408 g/mol. The van der Waals surface area contributed by atoms with Crippen molar-refractivity contribution in [2.75, 3.05) is 11.9 Å². The predicted octanol–water partition coefficient (Wildman–Crippen LogP) is 5.28. The maximum Gasteiger partial charge on any atom is 0.251 e. The number of hydrogen-bond donors (Lipinski definition) is 2. The van der Waals surface area contributed by atoms with E-state index in [1.165, 1.54) is 0 Å². The second-order valence-corrected chi connectivity index (χ2v) is 6.77. The molecule has 0 heterocycles. The second-order valence-electron chi connectivity index (χ2n) is 6.33. The fraction of sp³-hybridized carbons (Fsp3) is 0.130. The zero-order valence-electron chi connectivity index (χ0n) is 15.7. The van der Waals surface area contributed by atoms with E-state index in [0.717, 1.165) is 0 Å². The Morgan fingerprint density at radius 3 is 2.31 bits per heavy atom.